The van der Waals surface area contributed by atoms with Gasteiger partial charge in [-0.25, -0.2) is 0 Å². The summed E-state index contributed by atoms with van der Waals surface area (Å²) in [4.78, 5) is 0. The third-order valence-corrected chi connectivity index (χ3v) is 4.61. The fourth-order valence-electron chi connectivity index (χ4n) is 2.62. The highest BCUT2D eigenvalue weighted by Gasteiger charge is 2.19. The van der Waals surface area contributed by atoms with Crippen LogP contribution in [-0.4, -0.2) is 0 Å². The van der Waals surface area contributed by atoms with E-state index in [0.717, 1.165) is 11.1 Å². The first-order valence-electron chi connectivity index (χ1n) is 6.60. The molecule has 1 unspecified atom stereocenters. The Bertz CT molecular complexity index is 636. The zero-order chi connectivity index (χ0) is 15.0. The SMILES string of the molecule is Cc1cc(C)c(C)c(C(N)c2cc(Cl)ccc2Cl)c1C. The fourth-order valence-corrected chi connectivity index (χ4v) is 3.04. The van der Waals surface area contributed by atoms with E-state index in [4.69, 9.17) is 28.9 Å². The number of hydrogen-bond acceptors (Lipinski definition) is 1. The van der Waals surface area contributed by atoms with Crippen molar-refractivity contribution < 1.29 is 0 Å². The van der Waals surface area contributed by atoms with Crippen LogP contribution in [0.4, 0.5) is 0 Å². The minimum Gasteiger partial charge on any atom is -0.320 e. The van der Waals surface area contributed by atoms with Gasteiger partial charge >= 0.3 is 0 Å². The third-order valence-electron chi connectivity index (χ3n) is 4.03. The van der Waals surface area contributed by atoms with Crippen LogP contribution in [0.5, 0.6) is 0 Å². The highest BCUT2D eigenvalue weighted by molar-refractivity contribution is 6.33. The van der Waals surface area contributed by atoms with E-state index in [1.807, 2.05) is 6.07 Å². The summed E-state index contributed by atoms with van der Waals surface area (Å²) in [6.07, 6.45) is 0. The largest absolute Gasteiger partial charge is 0.320 e. The maximum absolute atomic E-state index is 6.48. The van der Waals surface area contributed by atoms with Gasteiger partial charge < -0.3 is 5.73 Å². The molecule has 0 heterocycles. The highest BCUT2D eigenvalue weighted by Crippen LogP contribution is 2.34. The molecule has 0 saturated carbocycles. The first-order valence-corrected chi connectivity index (χ1v) is 7.36. The molecule has 106 valence electrons. The molecule has 0 aromatic heterocycles. The van der Waals surface area contributed by atoms with Gasteiger partial charge in [0.15, 0.2) is 0 Å². The summed E-state index contributed by atoms with van der Waals surface area (Å²) >= 11 is 12.4. The molecule has 0 bridgehead atoms. The average Bonchev–Trinajstić information content (AvgIpc) is 2.39. The van der Waals surface area contributed by atoms with E-state index in [-0.39, 0.29) is 6.04 Å². The summed E-state index contributed by atoms with van der Waals surface area (Å²) in [5.74, 6) is 0. The molecular formula is C17H19Cl2N. The number of benzene rings is 2. The predicted octanol–water partition coefficient (Wildman–Crippen LogP) is 5.28. The molecule has 1 nitrogen and oxygen atoms in total. The van der Waals surface area contributed by atoms with Crippen LogP contribution in [0.3, 0.4) is 0 Å². The second kappa shape index (κ2) is 5.77. The van der Waals surface area contributed by atoms with Crippen LogP contribution in [0.2, 0.25) is 10.0 Å². The molecular weight excluding hydrogens is 289 g/mol. The Labute approximate surface area is 130 Å². The fraction of sp³-hybridized carbons (Fsp3) is 0.294. The minimum atomic E-state index is -0.264. The van der Waals surface area contributed by atoms with Gasteiger partial charge in [-0.2, -0.15) is 0 Å². The summed E-state index contributed by atoms with van der Waals surface area (Å²) in [6, 6.07) is 7.36. The molecule has 0 spiro atoms. The van der Waals surface area contributed by atoms with Gasteiger partial charge in [-0.1, -0.05) is 29.3 Å². The molecule has 0 aliphatic heterocycles. The van der Waals surface area contributed by atoms with Crippen LogP contribution in [-0.2, 0) is 0 Å². The van der Waals surface area contributed by atoms with E-state index in [1.54, 1.807) is 12.1 Å². The van der Waals surface area contributed by atoms with Crippen LogP contribution < -0.4 is 5.73 Å². The molecule has 0 saturated heterocycles. The van der Waals surface area contributed by atoms with Gasteiger partial charge in [-0.3, -0.25) is 0 Å². The lowest BCUT2D eigenvalue weighted by Gasteiger charge is -2.22. The molecule has 0 fully saturated rings. The van der Waals surface area contributed by atoms with E-state index in [2.05, 4.69) is 33.8 Å². The second-order valence-electron chi connectivity index (χ2n) is 5.32. The second-order valence-corrected chi connectivity index (χ2v) is 6.16. The molecule has 0 aliphatic carbocycles. The van der Waals surface area contributed by atoms with E-state index in [1.165, 1.54) is 22.3 Å². The van der Waals surface area contributed by atoms with Crippen molar-refractivity contribution in [1.82, 2.24) is 0 Å². The summed E-state index contributed by atoms with van der Waals surface area (Å²) in [7, 11) is 0. The van der Waals surface area contributed by atoms with Crippen LogP contribution in [0, 0.1) is 27.7 Å². The Balaban J connectivity index is 2.65. The molecule has 1 atom stereocenters. The van der Waals surface area contributed by atoms with E-state index < -0.39 is 0 Å². The number of rotatable bonds is 2. The summed E-state index contributed by atoms with van der Waals surface area (Å²) in [5, 5.41) is 1.30. The molecule has 2 rings (SSSR count). The Hall–Kier alpha value is -1.02. The Morgan fingerprint density at radius 3 is 2.00 bits per heavy atom. The lowest BCUT2D eigenvalue weighted by Crippen LogP contribution is -2.16. The maximum atomic E-state index is 6.48. The van der Waals surface area contributed by atoms with Crippen molar-refractivity contribution in [3.05, 3.63) is 67.7 Å². The summed E-state index contributed by atoms with van der Waals surface area (Å²) in [5.41, 5.74) is 13.4. The zero-order valence-corrected chi connectivity index (χ0v) is 13.7. The van der Waals surface area contributed by atoms with Crippen molar-refractivity contribution in [2.24, 2.45) is 5.73 Å². The molecule has 0 aliphatic rings. The summed E-state index contributed by atoms with van der Waals surface area (Å²) < 4.78 is 0. The molecule has 2 aromatic carbocycles. The van der Waals surface area contributed by atoms with Crippen molar-refractivity contribution in [1.29, 1.82) is 0 Å². The van der Waals surface area contributed by atoms with Gasteiger partial charge in [0.1, 0.15) is 0 Å². The van der Waals surface area contributed by atoms with Crippen LogP contribution in [0.1, 0.15) is 39.4 Å². The van der Waals surface area contributed by atoms with Crippen molar-refractivity contribution in [2.45, 2.75) is 33.7 Å². The minimum absolute atomic E-state index is 0.264. The Kier molecular flexibility index (Phi) is 4.43. The Morgan fingerprint density at radius 2 is 1.45 bits per heavy atom. The number of hydrogen-bond donors (Lipinski definition) is 1. The van der Waals surface area contributed by atoms with Crippen LogP contribution in [0.15, 0.2) is 24.3 Å². The van der Waals surface area contributed by atoms with Gasteiger partial charge in [-0.05, 0) is 79.3 Å². The van der Waals surface area contributed by atoms with Gasteiger partial charge in [0.2, 0.25) is 0 Å². The predicted molar refractivity (Wildman–Crippen MR) is 87.9 cm³/mol. The Morgan fingerprint density at radius 1 is 0.900 bits per heavy atom. The standard InChI is InChI=1S/C17H19Cl2N/c1-9-7-10(2)12(4)16(11(9)3)17(20)14-8-13(18)5-6-15(14)19/h5-8,17H,20H2,1-4H3. The van der Waals surface area contributed by atoms with Gasteiger partial charge in [0, 0.05) is 10.0 Å². The van der Waals surface area contributed by atoms with Crippen LogP contribution >= 0.6 is 23.2 Å². The lowest BCUT2D eigenvalue weighted by atomic mass is 9.87. The average molecular weight is 308 g/mol. The van der Waals surface area contributed by atoms with E-state index in [0.29, 0.717) is 10.0 Å². The van der Waals surface area contributed by atoms with Crippen molar-refractivity contribution in [3.63, 3.8) is 0 Å². The van der Waals surface area contributed by atoms with E-state index >= 15 is 0 Å². The third kappa shape index (κ3) is 2.71. The quantitative estimate of drug-likeness (QED) is 0.803. The molecule has 2 N–H and O–H groups in total. The smallest absolute Gasteiger partial charge is 0.0572 e. The van der Waals surface area contributed by atoms with Gasteiger partial charge in [0.25, 0.3) is 0 Å². The van der Waals surface area contributed by atoms with Crippen molar-refractivity contribution in [3.8, 4) is 0 Å². The molecule has 0 radical (unpaired) electrons. The van der Waals surface area contributed by atoms with Crippen molar-refractivity contribution in [2.75, 3.05) is 0 Å². The molecule has 2 aromatic rings. The maximum Gasteiger partial charge on any atom is 0.0572 e. The topological polar surface area (TPSA) is 26.0 Å². The van der Waals surface area contributed by atoms with Crippen LogP contribution in [0.25, 0.3) is 0 Å². The monoisotopic (exact) mass is 307 g/mol. The van der Waals surface area contributed by atoms with Crippen molar-refractivity contribution >= 4 is 23.2 Å². The lowest BCUT2D eigenvalue weighted by molar-refractivity contribution is 0.845. The molecule has 20 heavy (non-hydrogen) atoms. The first kappa shape index (κ1) is 15.4. The molecule has 0 amide bonds. The summed E-state index contributed by atoms with van der Waals surface area (Å²) in [6.45, 7) is 8.43. The van der Waals surface area contributed by atoms with E-state index in [9.17, 15) is 0 Å². The van der Waals surface area contributed by atoms with Gasteiger partial charge in [-0.15, -0.1) is 0 Å². The van der Waals surface area contributed by atoms with Gasteiger partial charge in [0.05, 0.1) is 6.04 Å². The zero-order valence-electron chi connectivity index (χ0n) is 12.2. The first-order chi connectivity index (χ1) is 9.32. The highest BCUT2D eigenvalue weighted by atomic mass is 35.5. The molecule has 3 heteroatoms. The number of nitrogens with two attached hydrogens (primary N) is 1. The normalized spacial score (nSPS) is 12.6. The number of halogens is 2. The number of aryl methyl sites for hydroxylation is 2.